The van der Waals surface area contributed by atoms with Crippen molar-refractivity contribution in [1.82, 2.24) is 5.32 Å². The minimum Gasteiger partial charge on any atom is -0.363 e. The van der Waals surface area contributed by atoms with Gasteiger partial charge in [-0.25, -0.2) is 0 Å². The summed E-state index contributed by atoms with van der Waals surface area (Å²) in [5.41, 5.74) is 1.72. The monoisotopic (exact) mass is 312 g/mol. The van der Waals surface area contributed by atoms with Gasteiger partial charge in [-0.05, 0) is 31.5 Å². The van der Waals surface area contributed by atoms with E-state index in [2.05, 4.69) is 26.6 Å². The summed E-state index contributed by atoms with van der Waals surface area (Å²) in [5.74, 6) is -0.126. The van der Waals surface area contributed by atoms with Gasteiger partial charge in [0.05, 0.1) is 5.60 Å². The van der Waals surface area contributed by atoms with Gasteiger partial charge in [0.1, 0.15) is 6.61 Å². The number of carbonyl (C=O) groups is 1. The highest BCUT2D eigenvalue weighted by atomic mass is 79.9. The van der Waals surface area contributed by atoms with Crippen LogP contribution < -0.4 is 10.6 Å². The molecule has 1 aromatic carbocycles. The number of anilines is 1. The smallest absolute Gasteiger partial charge is 0.250 e. The fraction of sp³-hybridized carbons (Fsp3) is 0.462. The standard InChI is InChI=1S/C13H17BrN2O2/c1-9-3-4-10(5-11(9)14)16-12(17)6-18-13(2)7-15-8-13/h3-5,15H,6-8H2,1-2H3,(H,16,17). The molecule has 0 aliphatic carbocycles. The van der Waals surface area contributed by atoms with Crippen LogP contribution in [0.4, 0.5) is 5.69 Å². The molecule has 1 amide bonds. The van der Waals surface area contributed by atoms with Gasteiger partial charge in [0.25, 0.3) is 0 Å². The molecule has 0 aromatic heterocycles. The normalized spacial score (nSPS) is 17.1. The number of benzene rings is 1. The lowest BCUT2D eigenvalue weighted by Gasteiger charge is -2.38. The van der Waals surface area contributed by atoms with E-state index in [0.717, 1.165) is 28.8 Å². The van der Waals surface area contributed by atoms with Gasteiger partial charge in [-0.1, -0.05) is 22.0 Å². The topological polar surface area (TPSA) is 50.4 Å². The van der Waals surface area contributed by atoms with Crippen LogP contribution in [0.25, 0.3) is 0 Å². The van der Waals surface area contributed by atoms with Gasteiger partial charge in [0, 0.05) is 23.2 Å². The number of aryl methyl sites for hydroxylation is 1. The first-order valence-electron chi connectivity index (χ1n) is 5.89. The summed E-state index contributed by atoms with van der Waals surface area (Å²) < 4.78 is 6.55. The number of ether oxygens (including phenoxy) is 1. The average molecular weight is 313 g/mol. The summed E-state index contributed by atoms with van der Waals surface area (Å²) in [6.45, 7) is 5.69. The van der Waals surface area contributed by atoms with E-state index in [1.54, 1.807) is 0 Å². The molecule has 4 nitrogen and oxygen atoms in total. The van der Waals surface area contributed by atoms with Crippen molar-refractivity contribution in [3.05, 3.63) is 28.2 Å². The van der Waals surface area contributed by atoms with Gasteiger partial charge in [-0.3, -0.25) is 4.79 Å². The molecule has 1 aromatic rings. The van der Waals surface area contributed by atoms with Crippen molar-refractivity contribution in [2.24, 2.45) is 0 Å². The van der Waals surface area contributed by atoms with E-state index in [4.69, 9.17) is 4.74 Å². The minimum atomic E-state index is -0.189. The third-order valence-electron chi connectivity index (χ3n) is 3.01. The van der Waals surface area contributed by atoms with Gasteiger partial charge < -0.3 is 15.4 Å². The number of carbonyl (C=O) groups excluding carboxylic acids is 1. The number of hydrogen-bond donors (Lipinski definition) is 2. The zero-order valence-corrected chi connectivity index (χ0v) is 12.1. The SMILES string of the molecule is Cc1ccc(NC(=O)COC2(C)CNC2)cc1Br. The Bertz CT molecular complexity index is 458. The molecule has 1 saturated heterocycles. The van der Waals surface area contributed by atoms with Crippen LogP contribution in [0.5, 0.6) is 0 Å². The fourth-order valence-corrected chi connectivity index (χ4v) is 2.07. The summed E-state index contributed by atoms with van der Waals surface area (Å²) >= 11 is 3.44. The van der Waals surface area contributed by atoms with Crippen LogP contribution in [0, 0.1) is 6.92 Å². The van der Waals surface area contributed by atoms with Gasteiger partial charge >= 0.3 is 0 Å². The van der Waals surface area contributed by atoms with Crippen LogP contribution in [0.1, 0.15) is 12.5 Å². The summed E-state index contributed by atoms with van der Waals surface area (Å²) in [7, 11) is 0. The van der Waals surface area contributed by atoms with E-state index in [-0.39, 0.29) is 18.1 Å². The summed E-state index contributed by atoms with van der Waals surface area (Å²) in [6, 6.07) is 5.72. The van der Waals surface area contributed by atoms with E-state index >= 15 is 0 Å². The second kappa shape index (κ2) is 5.38. The Kier molecular flexibility index (Phi) is 4.04. The maximum Gasteiger partial charge on any atom is 0.250 e. The van der Waals surface area contributed by atoms with E-state index < -0.39 is 0 Å². The Labute approximate surface area is 115 Å². The van der Waals surface area contributed by atoms with E-state index in [1.165, 1.54) is 0 Å². The second-order valence-electron chi connectivity index (χ2n) is 4.85. The largest absolute Gasteiger partial charge is 0.363 e. The van der Waals surface area contributed by atoms with Gasteiger partial charge in [0.15, 0.2) is 0 Å². The van der Waals surface area contributed by atoms with Gasteiger partial charge in [-0.2, -0.15) is 0 Å². The molecule has 2 rings (SSSR count). The van der Waals surface area contributed by atoms with Crippen LogP contribution in [0.3, 0.4) is 0 Å². The minimum absolute atomic E-state index is 0.0870. The Hall–Kier alpha value is -0.910. The average Bonchev–Trinajstić information content (AvgIpc) is 2.29. The highest BCUT2D eigenvalue weighted by Gasteiger charge is 2.32. The van der Waals surface area contributed by atoms with E-state index in [1.807, 2.05) is 32.0 Å². The highest BCUT2D eigenvalue weighted by molar-refractivity contribution is 9.10. The molecule has 0 spiro atoms. The van der Waals surface area contributed by atoms with Crippen molar-refractivity contribution < 1.29 is 9.53 Å². The Balaban J connectivity index is 1.85. The molecule has 1 heterocycles. The van der Waals surface area contributed by atoms with Crippen molar-refractivity contribution in [3.63, 3.8) is 0 Å². The first-order chi connectivity index (χ1) is 8.48. The molecule has 1 aliphatic heterocycles. The van der Waals surface area contributed by atoms with Crippen molar-refractivity contribution in [1.29, 1.82) is 0 Å². The van der Waals surface area contributed by atoms with Gasteiger partial charge in [0.2, 0.25) is 5.91 Å². The Morgan fingerprint density at radius 1 is 1.56 bits per heavy atom. The molecule has 5 heteroatoms. The number of amides is 1. The lowest BCUT2D eigenvalue weighted by molar-refractivity contribution is -0.130. The van der Waals surface area contributed by atoms with Crippen LogP contribution in [0.2, 0.25) is 0 Å². The molecule has 1 fully saturated rings. The predicted molar refractivity (Wildman–Crippen MR) is 74.7 cm³/mol. The molecule has 0 unspecified atom stereocenters. The molecule has 0 bridgehead atoms. The maximum atomic E-state index is 11.7. The molecule has 2 N–H and O–H groups in total. The van der Waals surface area contributed by atoms with Crippen LogP contribution in [-0.2, 0) is 9.53 Å². The number of rotatable bonds is 4. The summed E-state index contributed by atoms with van der Waals surface area (Å²) in [5, 5.41) is 5.94. The second-order valence-corrected chi connectivity index (χ2v) is 5.71. The zero-order valence-electron chi connectivity index (χ0n) is 10.5. The van der Waals surface area contributed by atoms with Crippen molar-refractivity contribution >= 4 is 27.5 Å². The predicted octanol–water partition coefficient (Wildman–Crippen LogP) is 2.07. The van der Waals surface area contributed by atoms with Crippen LogP contribution in [0.15, 0.2) is 22.7 Å². The number of nitrogens with one attached hydrogen (secondary N) is 2. The van der Waals surface area contributed by atoms with Crippen LogP contribution in [-0.4, -0.2) is 31.2 Å². The third kappa shape index (κ3) is 3.31. The molecular weight excluding hydrogens is 296 g/mol. The lowest BCUT2D eigenvalue weighted by atomic mass is 10.0. The van der Waals surface area contributed by atoms with Crippen molar-refractivity contribution in [3.8, 4) is 0 Å². The quantitative estimate of drug-likeness (QED) is 0.895. The Morgan fingerprint density at radius 3 is 2.83 bits per heavy atom. The summed E-state index contributed by atoms with van der Waals surface area (Å²) in [6.07, 6.45) is 0. The van der Waals surface area contributed by atoms with Crippen LogP contribution >= 0.6 is 15.9 Å². The maximum absolute atomic E-state index is 11.7. The lowest BCUT2D eigenvalue weighted by Crippen LogP contribution is -2.59. The molecule has 0 radical (unpaired) electrons. The van der Waals surface area contributed by atoms with Crippen molar-refractivity contribution in [2.75, 3.05) is 25.0 Å². The number of halogens is 1. The first-order valence-corrected chi connectivity index (χ1v) is 6.68. The summed E-state index contributed by atoms with van der Waals surface area (Å²) in [4.78, 5) is 11.7. The van der Waals surface area contributed by atoms with E-state index in [0.29, 0.717) is 0 Å². The number of hydrogen-bond acceptors (Lipinski definition) is 3. The van der Waals surface area contributed by atoms with Crippen molar-refractivity contribution in [2.45, 2.75) is 19.4 Å². The Morgan fingerprint density at radius 2 is 2.28 bits per heavy atom. The first kappa shape index (κ1) is 13.5. The fourth-order valence-electron chi connectivity index (χ4n) is 1.69. The highest BCUT2D eigenvalue weighted by Crippen LogP contribution is 2.21. The molecular formula is C13H17BrN2O2. The molecule has 1 aliphatic rings. The zero-order chi connectivity index (χ0) is 13.2. The van der Waals surface area contributed by atoms with E-state index in [9.17, 15) is 4.79 Å². The molecule has 0 atom stereocenters. The van der Waals surface area contributed by atoms with Gasteiger partial charge in [-0.15, -0.1) is 0 Å². The molecule has 18 heavy (non-hydrogen) atoms. The molecule has 0 saturated carbocycles. The molecule has 98 valence electrons. The third-order valence-corrected chi connectivity index (χ3v) is 3.86.